The van der Waals surface area contributed by atoms with Gasteiger partial charge in [-0.05, 0) is 35.8 Å². The highest BCUT2D eigenvalue weighted by Gasteiger charge is 2.46. The summed E-state index contributed by atoms with van der Waals surface area (Å²) >= 11 is 0. The quantitative estimate of drug-likeness (QED) is 0.782. The molecule has 5 heteroatoms. The summed E-state index contributed by atoms with van der Waals surface area (Å²) in [5.41, 5.74) is 0.339. The van der Waals surface area contributed by atoms with Gasteiger partial charge in [0.25, 0.3) is 0 Å². The zero-order valence-electron chi connectivity index (χ0n) is 12.8. The third-order valence-corrected chi connectivity index (χ3v) is 9.03. The number of nitrogens with one attached hydrogen (secondary N) is 1. The van der Waals surface area contributed by atoms with Crippen molar-refractivity contribution < 1.29 is 14.3 Å². The highest BCUT2D eigenvalue weighted by molar-refractivity contribution is 6.73. The number of carbonyl (C=O) groups is 1. The van der Waals surface area contributed by atoms with Gasteiger partial charge in [-0.25, -0.2) is 4.79 Å². The second kappa shape index (κ2) is 6.03. The molecule has 0 fully saturated rings. The number of para-hydroxylation sites is 1. The minimum Gasteiger partial charge on any atom is -0.477 e. The Bertz CT molecular complexity index is 546. The van der Waals surface area contributed by atoms with Crippen molar-refractivity contribution in [2.75, 3.05) is 5.32 Å². The molecule has 0 amide bonds. The monoisotopic (exact) mass is 305 g/mol. The fourth-order valence-electron chi connectivity index (χ4n) is 2.74. The van der Waals surface area contributed by atoms with E-state index in [1.807, 2.05) is 30.3 Å². The van der Waals surface area contributed by atoms with E-state index in [4.69, 9.17) is 4.43 Å². The lowest BCUT2D eigenvalue weighted by Crippen LogP contribution is -2.56. The van der Waals surface area contributed by atoms with Crippen LogP contribution < -0.4 is 5.32 Å². The number of anilines is 1. The smallest absolute Gasteiger partial charge is 0.360 e. The first-order valence-electron chi connectivity index (χ1n) is 7.51. The Morgan fingerprint density at radius 3 is 2.43 bits per heavy atom. The predicted octanol–water partition coefficient (Wildman–Crippen LogP) is 3.93. The highest BCUT2D eigenvalue weighted by atomic mass is 28.4. The lowest BCUT2D eigenvalue weighted by molar-refractivity contribution is -0.149. The van der Waals surface area contributed by atoms with E-state index in [0.29, 0.717) is 0 Å². The van der Waals surface area contributed by atoms with Gasteiger partial charge in [0.1, 0.15) is 0 Å². The molecule has 1 aromatic carbocycles. The Balaban J connectivity index is 2.39. The van der Waals surface area contributed by atoms with E-state index < -0.39 is 20.0 Å². The molecule has 0 radical (unpaired) electrons. The summed E-state index contributed by atoms with van der Waals surface area (Å²) in [7, 11) is -2.06. The molecule has 0 bridgehead atoms. The minimum atomic E-state index is -2.06. The number of benzene rings is 1. The van der Waals surface area contributed by atoms with Crippen LogP contribution in [0.2, 0.25) is 18.1 Å². The van der Waals surface area contributed by atoms with Crippen molar-refractivity contribution in [1.29, 1.82) is 0 Å². The lowest BCUT2D eigenvalue weighted by atomic mass is 10.0. The van der Waals surface area contributed by atoms with Gasteiger partial charge in [0.05, 0.1) is 0 Å². The number of carboxylic acid groups (broad SMARTS) is 1. The number of carboxylic acids is 1. The van der Waals surface area contributed by atoms with Gasteiger partial charge in [-0.15, -0.1) is 0 Å². The van der Waals surface area contributed by atoms with Crippen LogP contribution in [0.3, 0.4) is 0 Å². The number of hydrogen-bond acceptors (Lipinski definition) is 3. The van der Waals surface area contributed by atoms with Gasteiger partial charge < -0.3 is 14.8 Å². The number of rotatable bonds is 6. The topological polar surface area (TPSA) is 58.6 Å². The van der Waals surface area contributed by atoms with E-state index in [2.05, 4.69) is 26.1 Å². The Morgan fingerprint density at radius 1 is 1.24 bits per heavy atom. The summed E-state index contributed by atoms with van der Waals surface area (Å²) in [6, 6.07) is 10.4. The van der Waals surface area contributed by atoms with Gasteiger partial charge in [-0.2, -0.15) is 0 Å². The summed E-state index contributed by atoms with van der Waals surface area (Å²) in [6.07, 6.45) is 3.47. The van der Waals surface area contributed by atoms with E-state index in [9.17, 15) is 9.90 Å². The van der Waals surface area contributed by atoms with Crippen molar-refractivity contribution in [2.45, 2.75) is 44.6 Å². The summed E-state index contributed by atoms with van der Waals surface area (Å²) in [5.74, 6) is -0.986. The fraction of sp³-hybridized carbons (Fsp3) is 0.438. The van der Waals surface area contributed by atoms with E-state index in [-0.39, 0.29) is 0 Å². The van der Waals surface area contributed by atoms with Crippen LogP contribution in [0.25, 0.3) is 6.08 Å². The molecule has 114 valence electrons. The molecule has 0 aromatic heterocycles. The molecule has 2 N–H and O–H groups in total. The van der Waals surface area contributed by atoms with Crippen molar-refractivity contribution >= 4 is 26.1 Å². The zero-order valence-corrected chi connectivity index (χ0v) is 13.8. The van der Waals surface area contributed by atoms with Crippen LogP contribution in [0, 0.1) is 0 Å². The Kier molecular flexibility index (Phi) is 4.54. The Morgan fingerprint density at radius 2 is 1.86 bits per heavy atom. The zero-order chi connectivity index (χ0) is 15.5. The van der Waals surface area contributed by atoms with Gasteiger partial charge in [0, 0.05) is 5.69 Å². The second-order valence-electron chi connectivity index (χ2n) is 5.43. The third kappa shape index (κ3) is 2.89. The Hall–Kier alpha value is -1.59. The number of aliphatic carboxylic acids is 1. The van der Waals surface area contributed by atoms with E-state index in [1.54, 1.807) is 6.08 Å². The standard InChI is InChI=1S/C16H23NO3Si/c1-4-21(5-2,6-3)20-16(15(18)19)12-11-13-9-7-8-10-14(13)17-16/h7-12,17H,4-6H2,1-3H3,(H,18,19). The molecule has 4 nitrogen and oxygen atoms in total. The van der Waals surface area contributed by atoms with Gasteiger partial charge in [-0.1, -0.05) is 45.0 Å². The predicted molar refractivity (Wildman–Crippen MR) is 87.7 cm³/mol. The van der Waals surface area contributed by atoms with Crippen LogP contribution in [-0.4, -0.2) is 25.1 Å². The molecule has 1 aliphatic heterocycles. The third-order valence-electron chi connectivity index (χ3n) is 4.41. The van der Waals surface area contributed by atoms with Crippen molar-refractivity contribution in [3.05, 3.63) is 35.9 Å². The molecule has 0 aliphatic carbocycles. The van der Waals surface area contributed by atoms with Crippen LogP contribution in [0.5, 0.6) is 0 Å². The molecule has 2 rings (SSSR count). The average Bonchev–Trinajstić information content (AvgIpc) is 2.52. The average molecular weight is 305 g/mol. The summed E-state index contributed by atoms with van der Waals surface area (Å²) in [5, 5.41) is 12.8. The van der Waals surface area contributed by atoms with Gasteiger partial charge in [0.2, 0.25) is 5.72 Å². The first kappa shape index (κ1) is 15.8. The minimum absolute atomic E-state index is 0.800. The molecule has 1 heterocycles. The van der Waals surface area contributed by atoms with Crippen LogP contribution in [0.1, 0.15) is 26.3 Å². The largest absolute Gasteiger partial charge is 0.477 e. The van der Waals surface area contributed by atoms with Crippen LogP contribution in [-0.2, 0) is 9.22 Å². The van der Waals surface area contributed by atoms with Crippen LogP contribution >= 0.6 is 0 Å². The molecule has 1 atom stereocenters. The molecular formula is C16H23NO3Si. The van der Waals surface area contributed by atoms with Gasteiger partial charge >= 0.3 is 5.97 Å². The second-order valence-corrected chi connectivity index (χ2v) is 10.1. The molecule has 1 unspecified atom stereocenters. The Labute approximate surface area is 127 Å². The molecule has 0 spiro atoms. The van der Waals surface area contributed by atoms with E-state index in [1.165, 1.54) is 0 Å². The van der Waals surface area contributed by atoms with Crippen molar-refractivity contribution in [3.8, 4) is 0 Å². The first-order chi connectivity index (χ1) is 10.0. The van der Waals surface area contributed by atoms with E-state index in [0.717, 1.165) is 29.4 Å². The molecular weight excluding hydrogens is 282 g/mol. The van der Waals surface area contributed by atoms with Crippen LogP contribution in [0.15, 0.2) is 30.3 Å². The maximum atomic E-state index is 11.9. The SMILES string of the molecule is CC[Si](CC)(CC)OC1(C(=O)O)C=Cc2ccccc2N1. The lowest BCUT2D eigenvalue weighted by Gasteiger charge is -2.40. The molecule has 1 aromatic rings. The normalized spacial score (nSPS) is 20.7. The van der Waals surface area contributed by atoms with Crippen molar-refractivity contribution in [1.82, 2.24) is 0 Å². The molecule has 0 saturated carbocycles. The number of hydrogen-bond donors (Lipinski definition) is 2. The first-order valence-corrected chi connectivity index (χ1v) is 10.0. The molecule has 21 heavy (non-hydrogen) atoms. The van der Waals surface area contributed by atoms with Crippen LogP contribution in [0.4, 0.5) is 5.69 Å². The van der Waals surface area contributed by atoms with E-state index >= 15 is 0 Å². The van der Waals surface area contributed by atoms with Crippen molar-refractivity contribution in [3.63, 3.8) is 0 Å². The molecule has 0 saturated heterocycles. The van der Waals surface area contributed by atoms with Crippen molar-refractivity contribution in [2.24, 2.45) is 0 Å². The molecule has 1 aliphatic rings. The summed E-state index contributed by atoms with van der Waals surface area (Å²) in [4.78, 5) is 11.9. The highest BCUT2D eigenvalue weighted by Crippen LogP contribution is 2.34. The maximum absolute atomic E-state index is 11.9. The fourth-order valence-corrected chi connectivity index (χ4v) is 5.56. The summed E-state index contributed by atoms with van der Waals surface area (Å²) < 4.78 is 6.27. The summed E-state index contributed by atoms with van der Waals surface area (Å²) in [6.45, 7) is 6.28. The maximum Gasteiger partial charge on any atom is 0.360 e. The van der Waals surface area contributed by atoms with Gasteiger partial charge in [0.15, 0.2) is 8.32 Å². The number of fused-ring (bicyclic) bond motifs is 1. The van der Waals surface area contributed by atoms with Gasteiger partial charge in [-0.3, -0.25) is 0 Å².